The summed E-state index contributed by atoms with van der Waals surface area (Å²) in [7, 11) is 0. The molecule has 1 fully saturated rings. The summed E-state index contributed by atoms with van der Waals surface area (Å²) in [5.41, 5.74) is 3.74. The summed E-state index contributed by atoms with van der Waals surface area (Å²) in [4.78, 5) is 16.8. The highest BCUT2D eigenvalue weighted by Crippen LogP contribution is 2.22. The van der Waals surface area contributed by atoms with E-state index in [1.807, 2.05) is 4.90 Å². The molecule has 31 heavy (non-hydrogen) atoms. The van der Waals surface area contributed by atoms with Crippen molar-refractivity contribution in [1.82, 2.24) is 10.1 Å². The molecule has 2 aromatic carbocycles. The van der Waals surface area contributed by atoms with Crippen molar-refractivity contribution in [1.29, 1.82) is 0 Å². The average Bonchev–Trinajstić information content (AvgIpc) is 3.23. The Kier molecular flexibility index (Phi) is 6.32. The molecule has 0 bridgehead atoms. The van der Waals surface area contributed by atoms with Crippen LogP contribution in [-0.4, -0.2) is 48.2 Å². The lowest BCUT2D eigenvalue weighted by molar-refractivity contribution is -0.137. The van der Waals surface area contributed by atoms with Crippen molar-refractivity contribution in [2.75, 3.05) is 31.1 Å². The fourth-order valence-corrected chi connectivity index (χ4v) is 3.84. The monoisotopic (exact) mass is 423 g/mol. The predicted octanol–water partition coefficient (Wildman–Crippen LogP) is 4.04. The summed E-state index contributed by atoms with van der Waals surface area (Å²) < 4.78 is 23.9. The zero-order valence-corrected chi connectivity index (χ0v) is 17.8. The van der Waals surface area contributed by atoms with Gasteiger partial charge in [0.25, 0.3) is 0 Å². The number of ether oxygens (including phenoxy) is 1. The Morgan fingerprint density at radius 2 is 2.00 bits per heavy atom. The van der Waals surface area contributed by atoms with Gasteiger partial charge in [0, 0.05) is 43.0 Å². The van der Waals surface area contributed by atoms with Gasteiger partial charge in [-0.1, -0.05) is 17.3 Å². The summed E-state index contributed by atoms with van der Waals surface area (Å²) in [6.45, 7) is 6.51. The molecule has 0 radical (unpaired) electrons. The third-order valence-corrected chi connectivity index (χ3v) is 5.48. The van der Waals surface area contributed by atoms with Crippen molar-refractivity contribution in [2.24, 2.45) is 0 Å². The molecule has 1 saturated heterocycles. The van der Waals surface area contributed by atoms with Gasteiger partial charge in [-0.25, -0.2) is 4.39 Å². The number of anilines is 1. The van der Waals surface area contributed by atoms with E-state index in [2.05, 4.69) is 48.2 Å². The average molecular weight is 423 g/mol. The Morgan fingerprint density at radius 1 is 1.19 bits per heavy atom. The molecule has 2 heterocycles. The molecule has 1 aliphatic heterocycles. The molecule has 1 aromatic heterocycles. The second kappa shape index (κ2) is 9.31. The standard InChI is InChI=1S/C24H26FN3O3/c1-17-4-3-5-22(12-17)28-11-10-27(14-18(28)2)24(29)16-30-15-21-13-23(31-26-21)19-6-8-20(25)9-7-19/h3-9,12-13,18H,10-11,14-16H2,1-2H3. The van der Waals surface area contributed by atoms with Crippen LogP contribution in [0.3, 0.4) is 0 Å². The van der Waals surface area contributed by atoms with Gasteiger partial charge in [-0.3, -0.25) is 4.79 Å². The van der Waals surface area contributed by atoms with Gasteiger partial charge >= 0.3 is 0 Å². The number of hydrogen-bond donors (Lipinski definition) is 0. The Balaban J connectivity index is 1.26. The van der Waals surface area contributed by atoms with Crippen LogP contribution in [0.15, 0.2) is 59.1 Å². The fraction of sp³-hybridized carbons (Fsp3) is 0.333. The molecule has 0 aliphatic carbocycles. The Hall–Kier alpha value is -3.19. The summed E-state index contributed by atoms with van der Waals surface area (Å²) in [5, 5.41) is 3.96. The minimum absolute atomic E-state index is 0.00406. The van der Waals surface area contributed by atoms with Crippen LogP contribution in [0.4, 0.5) is 10.1 Å². The van der Waals surface area contributed by atoms with E-state index in [1.54, 1.807) is 18.2 Å². The number of aryl methyl sites for hydroxylation is 1. The molecule has 7 heteroatoms. The highest BCUT2D eigenvalue weighted by Gasteiger charge is 2.27. The molecule has 3 aromatic rings. The molecule has 4 rings (SSSR count). The van der Waals surface area contributed by atoms with E-state index >= 15 is 0 Å². The van der Waals surface area contributed by atoms with Crippen molar-refractivity contribution in [3.8, 4) is 11.3 Å². The highest BCUT2D eigenvalue weighted by atomic mass is 19.1. The molecule has 1 aliphatic rings. The smallest absolute Gasteiger partial charge is 0.248 e. The first-order valence-electron chi connectivity index (χ1n) is 10.4. The van der Waals surface area contributed by atoms with Gasteiger partial charge in [-0.05, 0) is 55.8 Å². The first-order chi connectivity index (χ1) is 15.0. The lowest BCUT2D eigenvalue weighted by Crippen LogP contribution is -2.54. The van der Waals surface area contributed by atoms with Crippen LogP contribution in [-0.2, 0) is 16.1 Å². The first kappa shape index (κ1) is 21.1. The van der Waals surface area contributed by atoms with E-state index < -0.39 is 0 Å². The van der Waals surface area contributed by atoms with Gasteiger partial charge in [-0.2, -0.15) is 0 Å². The van der Waals surface area contributed by atoms with Crippen molar-refractivity contribution >= 4 is 11.6 Å². The fourth-order valence-electron chi connectivity index (χ4n) is 3.84. The summed E-state index contributed by atoms with van der Waals surface area (Å²) in [5.74, 6) is 0.198. The lowest BCUT2D eigenvalue weighted by atomic mass is 10.1. The maximum absolute atomic E-state index is 13.0. The number of carbonyl (C=O) groups is 1. The molecular weight excluding hydrogens is 397 g/mol. The van der Waals surface area contributed by atoms with Crippen molar-refractivity contribution in [2.45, 2.75) is 26.5 Å². The quantitative estimate of drug-likeness (QED) is 0.599. The van der Waals surface area contributed by atoms with Crippen molar-refractivity contribution in [3.63, 3.8) is 0 Å². The zero-order chi connectivity index (χ0) is 21.8. The van der Waals surface area contributed by atoms with Crippen LogP contribution in [0, 0.1) is 12.7 Å². The van der Waals surface area contributed by atoms with Gasteiger partial charge < -0.3 is 19.1 Å². The number of nitrogens with zero attached hydrogens (tertiary/aromatic N) is 3. The SMILES string of the molecule is Cc1cccc(N2CCN(C(=O)COCc3cc(-c4ccc(F)cc4)on3)CC2C)c1. The number of aromatic nitrogens is 1. The topological polar surface area (TPSA) is 58.8 Å². The Labute approximate surface area is 181 Å². The number of rotatable bonds is 6. The number of benzene rings is 2. The predicted molar refractivity (Wildman–Crippen MR) is 116 cm³/mol. The van der Waals surface area contributed by atoms with E-state index in [4.69, 9.17) is 9.26 Å². The minimum atomic E-state index is -0.306. The number of halogens is 1. The largest absolute Gasteiger partial charge is 0.365 e. The van der Waals surface area contributed by atoms with Gasteiger partial charge in [0.15, 0.2) is 5.76 Å². The first-order valence-corrected chi connectivity index (χ1v) is 10.4. The molecule has 0 N–H and O–H groups in total. The second-order valence-electron chi connectivity index (χ2n) is 7.90. The van der Waals surface area contributed by atoms with Gasteiger partial charge in [0.2, 0.25) is 5.91 Å². The van der Waals surface area contributed by atoms with E-state index in [1.165, 1.54) is 23.4 Å². The van der Waals surface area contributed by atoms with E-state index in [-0.39, 0.29) is 31.0 Å². The van der Waals surface area contributed by atoms with E-state index in [0.717, 1.165) is 12.1 Å². The van der Waals surface area contributed by atoms with Crippen LogP contribution >= 0.6 is 0 Å². The highest BCUT2D eigenvalue weighted by molar-refractivity contribution is 5.78. The van der Waals surface area contributed by atoms with Crippen LogP contribution in [0.25, 0.3) is 11.3 Å². The van der Waals surface area contributed by atoms with Crippen molar-refractivity contribution in [3.05, 3.63) is 71.7 Å². The summed E-state index contributed by atoms with van der Waals surface area (Å²) in [6.07, 6.45) is 0. The lowest BCUT2D eigenvalue weighted by Gasteiger charge is -2.41. The maximum Gasteiger partial charge on any atom is 0.248 e. The molecule has 1 amide bonds. The third-order valence-electron chi connectivity index (χ3n) is 5.48. The summed E-state index contributed by atoms with van der Waals surface area (Å²) >= 11 is 0. The third kappa shape index (κ3) is 5.11. The number of hydrogen-bond acceptors (Lipinski definition) is 5. The van der Waals surface area contributed by atoms with Crippen LogP contribution in [0.2, 0.25) is 0 Å². The van der Waals surface area contributed by atoms with Crippen LogP contribution in [0.5, 0.6) is 0 Å². The maximum atomic E-state index is 13.0. The number of amides is 1. The summed E-state index contributed by atoms with van der Waals surface area (Å²) in [6, 6.07) is 16.4. The van der Waals surface area contributed by atoms with E-state index in [0.29, 0.717) is 24.5 Å². The van der Waals surface area contributed by atoms with Crippen LogP contribution < -0.4 is 4.90 Å². The second-order valence-corrected chi connectivity index (χ2v) is 7.90. The molecule has 0 spiro atoms. The molecular formula is C24H26FN3O3. The molecule has 1 atom stereocenters. The van der Waals surface area contributed by atoms with Gasteiger partial charge in [-0.15, -0.1) is 0 Å². The van der Waals surface area contributed by atoms with Gasteiger partial charge in [0.1, 0.15) is 18.1 Å². The van der Waals surface area contributed by atoms with Crippen LogP contribution in [0.1, 0.15) is 18.2 Å². The van der Waals surface area contributed by atoms with Crippen molar-refractivity contribution < 1.29 is 18.4 Å². The zero-order valence-electron chi connectivity index (χ0n) is 17.8. The molecule has 1 unspecified atom stereocenters. The van der Waals surface area contributed by atoms with Gasteiger partial charge in [0.05, 0.1) is 6.61 Å². The molecule has 162 valence electrons. The number of carbonyl (C=O) groups excluding carboxylic acids is 1. The normalized spacial score (nSPS) is 16.5. The minimum Gasteiger partial charge on any atom is -0.365 e. The molecule has 6 nitrogen and oxygen atoms in total. The number of piperazine rings is 1. The Bertz CT molecular complexity index is 1030. The Morgan fingerprint density at radius 3 is 2.74 bits per heavy atom. The molecule has 0 saturated carbocycles. The van der Waals surface area contributed by atoms with E-state index in [9.17, 15) is 9.18 Å².